The van der Waals surface area contributed by atoms with Crippen LogP contribution in [0.4, 0.5) is 0 Å². The highest BCUT2D eigenvalue weighted by Crippen LogP contribution is 2.28. The van der Waals surface area contributed by atoms with E-state index in [4.69, 9.17) is 0 Å². The Morgan fingerprint density at radius 1 is 1.67 bits per heavy atom. The van der Waals surface area contributed by atoms with Gasteiger partial charge in [-0.15, -0.1) is 0 Å². The number of nitrogens with one attached hydrogen (secondary N) is 1. The SMILES string of the molecule is CC(=S)NC(=O)C1CC1. The molecule has 0 bridgehead atoms. The van der Waals surface area contributed by atoms with Crippen molar-refractivity contribution >= 4 is 23.1 Å². The predicted octanol–water partition coefficient (Wildman–Crippen LogP) is 0.860. The second-order valence-corrected chi connectivity index (χ2v) is 2.93. The monoisotopic (exact) mass is 143 g/mol. The van der Waals surface area contributed by atoms with E-state index in [0.29, 0.717) is 4.99 Å². The Morgan fingerprint density at radius 2 is 2.22 bits per heavy atom. The summed E-state index contributed by atoms with van der Waals surface area (Å²) in [7, 11) is 0. The molecule has 1 aliphatic rings. The molecule has 1 saturated carbocycles. The second kappa shape index (κ2) is 2.43. The van der Waals surface area contributed by atoms with E-state index >= 15 is 0 Å². The number of thiocarbonyl (C=S) groups is 1. The molecule has 0 unspecified atom stereocenters. The van der Waals surface area contributed by atoms with Crippen molar-refractivity contribution in [1.29, 1.82) is 0 Å². The van der Waals surface area contributed by atoms with E-state index in [1.54, 1.807) is 6.92 Å². The first-order valence-corrected chi connectivity index (χ1v) is 3.42. The van der Waals surface area contributed by atoms with Gasteiger partial charge < -0.3 is 5.32 Å². The van der Waals surface area contributed by atoms with Crippen molar-refractivity contribution in [1.82, 2.24) is 5.32 Å². The summed E-state index contributed by atoms with van der Waals surface area (Å²) >= 11 is 4.69. The Labute approximate surface area is 59.6 Å². The number of amides is 1. The fourth-order valence-electron chi connectivity index (χ4n) is 0.621. The van der Waals surface area contributed by atoms with Crippen LogP contribution in [0, 0.1) is 5.92 Å². The van der Waals surface area contributed by atoms with Gasteiger partial charge in [0.15, 0.2) is 0 Å². The van der Waals surface area contributed by atoms with E-state index in [1.807, 2.05) is 0 Å². The highest BCUT2D eigenvalue weighted by Gasteiger charge is 2.29. The molecule has 0 radical (unpaired) electrons. The average molecular weight is 143 g/mol. The fraction of sp³-hybridized carbons (Fsp3) is 0.667. The number of carbonyl (C=O) groups is 1. The molecule has 0 aliphatic heterocycles. The molecule has 0 aromatic heterocycles. The molecule has 1 amide bonds. The molecule has 9 heavy (non-hydrogen) atoms. The van der Waals surface area contributed by atoms with Crippen LogP contribution in [0.2, 0.25) is 0 Å². The minimum absolute atomic E-state index is 0.0995. The minimum Gasteiger partial charge on any atom is -0.320 e. The Hall–Kier alpha value is -0.440. The van der Waals surface area contributed by atoms with E-state index in [2.05, 4.69) is 17.5 Å². The van der Waals surface area contributed by atoms with Crippen LogP contribution in [0.25, 0.3) is 0 Å². The van der Waals surface area contributed by atoms with Crippen LogP contribution in [-0.4, -0.2) is 10.9 Å². The number of hydrogen-bond donors (Lipinski definition) is 1. The van der Waals surface area contributed by atoms with Crippen LogP contribution in [0.1, 0.15) is 19.8 Å². The molecular weight excluding hydrogens is 134 g/mol. The van der Waals surface area contributed by atoms with Crippen LogP contribution in [0.15, 0.2) is 0 Å². The first-order chi connectivity index (χ1) is 4.20. The molecule has 0 saturated heterocycles. The maximum atomic E-state index is 10.8. The summed E-state index contributed by atoms with van der Waals surface area (Å²) in [4.78, 5) is 11.4. The van der Waals surface area contributed by atoms with E-state index in [1.165, 1.54) is 0 Å². The van der Waals surface area contributed by atoms with Gasteiger partial charge >= 0.3 is 0 Å². The van der Waals surface area contributed by atoms with Gasteiger partial charge in [0, 0.05) is 5.92 Å². The molecule has 1 fully saturated rings. The number of hydrogen-bond acceptors (Lipinski definition) is 2. The molecule has 1 aliphatic carbocycles. The van der Waals surface area contributed by atoms with Crippen LogP contribution in [-0.2, 0) is 4.79 Å². The lowest BCUT2D eigenvalue weighted by atomic mass is 10.4. The summed E-state index contributed by atoms with van der Waals surface area (Å²) in [6.45, 7) is 1.72. The molecule has 0 aromatic rings. The molecule has 3 heteroatoms. The third-order valence-electron chi connectivity index (χ3n) is 1.25. The molecule has 2 nitrogen and oxygen atoms in total. The van der Waals surface area contributed by atoms with Crippen LogP contribution < -0.4 is 5.32 Å². The minimum atomic E-state index is 0.0995. The molecular formula is C6H9NOS. The number of carbonyl (C=O) groups excluding carboxylic acids is 1. The number of rotatable bonds is 1. The normalized spacial score (nSPS) is 17.0. The maximum absolute atomic E-state index is 10.8. The van der Waals surface area contributed by atoms with Gasteiger partial charge in [-0.25, -0.2) is 0 Å². The summed E-state index contributed by atoms with van der Waals surface area (Å²) in [6, 6.07) is 0. The highest BCUT2D eigenvalue weighted by molar-refractivity contribution is 7.80. The zero-order valence-corrected chi connectivity index (χ0v) is 6.12. The first kappa shape index (κ1) is 6.68. The van der Waals surface area contributed by atoms with Crippen LogP contribution in [0.5, 0.6) is 0 Å². The van der Waals surface area contributed by atoms with E-state index in [9.17, 15) is 4.79 Å². The van der Waals surface area contributed by atoms with Gasteiger partial charge in [-0.05, 0) is 19.8 Å². The van der Waals surface area contributed by atoms with Gasteiger partial charge in [0.1, 0.15) is 0 Å². The third-order valence-corrected chi connectivity index (χ3v) is 1.35. The topological polar surface area (TPSA) is 29.1 Å². The van der Waals surface area contributed by atoms with Gasteiger partial charge in [-0.2, -0.15) is 0 Å². The largest absolute Gasteiger partial charge is 0.320 e. The molecule has 0 heterocycles. The summed E-state index contributed by atoms with van der Waals surface area (Å²) in [5.74, 6) is 0.366. The zero-order chi connectivity index (χ0) is 6.85. The van der Waals surface area contributed by atoms with Crippen molar-refractivity contribution < 1.29 is 4.79 Å². The Balaban J connectivity index is 2.26. The summed E-state index contributed by atoms with van der Waals surface area (Å²) < 4.78 is 0. The predicted molar refractivity (Wildman–Crippen MR) is 39.1 cm³/mol. The van der Waals surface area contributed by atoms with E-state index in [0.717, 1.165) is 12.8 Å². The Bertz CT molecular complexity index is 151. The zero-order valence-electron chi connectivity index (χ0n) is 5.31. The van der Waals surface area contributed by atoms with Crippen molar-refractivity contribution in [2.24, 2.45) is 5.92 Å². The summed E-state index contributed by atoms with van der Waals surface area (Å²) in [6.07, 6.45) is 2.07. The Morgan fingerprint density at radius 3 is 2.56 bits per heavy atom. The Kier molecular flexibility index (Phi) is 1.81. The van der Waals surface area contributed by atoms with E-state index < -0.39 is 0 Å². The average Bonchev–Trinajstić information content (AvgIpc) is 2.40. The lowest BCUT2D eigenvalue weighted by Crippen LogP contribution is -2.27. The first-order valence-electron chi connectivity index (χ1n) is 3.01. The quantitative estimate of drug-likeness (QED) is 0.552. The van der Waals surface area contributed by atoms with Crippen LogP contribution in [0.3, 0.4) is 0 Å². The lowest BCUT2D eigenvalue weighted by molar-refractivity contribution is -0.120. The van der Waals surface area contributed by atoms with Crippen molar-refractivity contribution in [2.45, 2.75) is 19.8 Å². The molecule has 0 spiro atoms. The van der Waals surface area contributed by atoms with Crippen molar-refractivity contribution in [3.05, 3.63) is 0 Å². The van der Waals surface area contributed by atoms with E-state index in [-0.39, 0.29) is 11.8 Å². The molecule has 1 rings (SSSR count). The van der Waals surface area contributed by atoms with Crippen molar-refractivity contribution in [3.8, 4) is 0 Å². The molecule has 0 atom stereocenters. The molecule has 0 aromatic carbocycles. The third kappa shape index (κ3) is 2.10. The van der Waals surface area contributed by atoms with Gasteiger partial charge in [-0.1, -0.05) is 12.2 Å². The standard InChI is InChI=1S/C6H9NOS/c1-4(9)7-6(8)5-2-3-5/h5H,2-3H2,1H3,(H,7,8,9). The maximum Gasteiger partial charge on any atom is 0.227 e. The summed E-state index contributed by atoms with van der Waals surface area (Å²) in [5, 5.41) is 2.60. The highest BCUT2D eigenvalue weighted by atomic mass is 32.1. The molecule has 50 valence electrons. The lowest BCUT2D eigenvalue weighted by Gasteiger charge is -1.97. The fourth-order valence-corrected chi connectivity index (χ4v) is 0.722. The van der Waals surface area contributed by atoms with Gasteiger partial charge in [0.25, 0.3) is 0 Å². The second-order valence-electron chi connectivity index (χ2n) is 2.32. The van der Waals surface area contributed by atoms with Crippen molar-refractivity contribution in [3.63, 3.8) is 0 Å². The summed E-state index contributed by atoms with van der Waals surface area (Å²) in [5.41, 5.74) is 0. The van der Waals surface area contributed by atoms with Gasteiger partial charge in [0.2, 0.25) is 5.91 Å². The van der Waals surface area contributed by atoms with Crippen LogP contribution >= 0.6 is 12.2 Å². The smallest absolute Gasteiger partial charge is 0.227 e. The van der Waals surface area contributed by atoms with Crippen molar-refractivity contribution in [2.75, 3.05) is 0 Å². The van der Waals surface area contributed by atoms with Gasteiger partial charge in [0.05, 0.1) is 4.99 Å². The molecule has 1 N–H and O–H groups in total. The van der Waals surface area contributed by atoms with Gasteiger partial charge in [-0.3, -0.25) is 4.79 Å².